The molecule has 10 heteroatoms. The van der Waals surface area contributed by atoms with Crippen molar-refractivity contribution in [3.8, 4) is 0 Å². The molecule has 1 aliphatic carbocycles. The molecular weight excluding hydrogens is 393 g/mol. The minimum Gasteiger partial charge on any atom is -0.451 e. The number of hydrogen-bond donors (Lipinski definition) is 2. The summed E-state index contributed by atoms with van der Waals surface area (Å²) < 4.78 is 18.1. The second-order valence-electron chi connectivity index (χ2n) is 7.04. The van der Waals surface area contributed by atoms with Crippen LogP contribution in [0.2, 0.25) is 5.02 Å². The minimum atomic E-state index is -1.22. The summed E-state index contributed by atoms with van der Waals surface area (Å²) in [6.07, 6.45) is 0.456. The zero-order chi connectivity index (χ0) is 20.6. The molecule has 0 unspecified atom stereocenters. The van der Waals surface area contributed by atoms with E-state index in [1.54, 1.807) is 6.92 Å². The number of imide groups is 1. The van der Waals surface area contributed by atoms with Crippen LogP contribution < -0.4 is 10.6 Å². The summed E-state index contributed by atoms with van der Waals surface area (Å²) in [5, 5.41) is 5.03. The van der Waals surface area contributed by atoms with E-state index >= 15 is 0 Å². The largest absolute Gasteiger partial charge is 0.451 e. The maximum atomic E-state index is 13.0. The Morgan fingerprint density at radius 2 is 2.11 bits per heavy atom. The number of ether oxygens (including phenoxy) is 1. The lowest BCUT2D eigenvalue weighted by Crippen LogP contribution is -2.46. The Balaban J connectivity index is 1.56. The summed E-state index contributed by atoms with van der Waals surface area (Å²) in [7, 11) is 0. The number of carbonyl (C=O) groups excluding carboxylic acids is 4. The van der Waals surface area contributed by atoms with Gasteiger partial charge in [-0.3, -0.25) is 19.3 Å². The summed E-state index contributed by atoms with van der Waals surface area (Å²) in [6.45, 7) is 2.37. The van der Waals surface area contributed by atoms with Crippen LogP contribution in [0.1, 0.15) is 26.7 Å². The number of amides is 4. The molecular formula is C18H19ClFN3O5. The van der Waals surface area contributed by atoms with E-state index < -0.39 is 47.8 Å². The quantitative estimate of drug-likeness (QED) is 0.550. The van der Waals surface area contributed by atoms with E-state index in [0.717, 1.165) is 29.9 Å². The number of urea groups is 1. The topological polar surface area (TPSA) is 105 Å². The van der Waals surface area contributed by atoms with E-state index in [1.807, 2.05) is 0 Å². The fraction of sp³-hybridized carbons (Fsp3) is 0.444. The first-order valence-electron chi connectivity index (χ1n) is 8.71. The first-order valence-corrected chi connectivity index (χ1v) is 9.09. The smallest absolute Gasteiger partial charge is 0.327 e. The van der Waals surface area contributed by atoms with Gasteiger partial charge >= 0.3 is 12.0 Å². The standard InChI is InChI=1S/C18H19ClFN3O5/c1-9(15(25)21-13-6-5-11(20)7-12(13)19)28-14(24)8-23-16(26)18(2,10-3-4-10)22-17(23)27/h5-7,9-10H,3-4,8H2,1-2H3,(H,21,25)(H,22,27)/t9-,18-/m0/s1. The Labute approximate surface area is 165 Å². The number of nitrogens with zero attached hydrogens (tertiary/aromatic N) is 1. The monoisotopic (exact) mass is 411 g/mol. The number of anilines is 1. The zero-order valence-electron chi connectivity index (χ0n) is 15.3. The fourth-order valence-electron chi connectivity index (χ4n) is 3.04. The van der Waals surface area contributed by atoms with Crippen molar-refractivity contribution in [2.45, 2.75) is 38.3 Å². The third kappa shape index (κ3) is 3.94. The Kier molecular flexibility index (Phi) is 5.29. The number of carbonyl (C=O) groups is 4. The molecule has 3 rings (SSSR count). The van der Waals surface area contributed by atoms with Crippen molar-refractivity contribution in [2.24, 2.45) is 5.92 Å². The van der Waals surface area contributed by atoms with Crippen molar-refractivity contribution in [1.29, 1.82) is 0 Å². The number of esters is 1. The Morgan fingerprint density at radius 3 is 2.71 bits per heavy atom. The zero-order valence-corrected chi connectivity index (χ0v) is 16.0. The molecule has 1 aromatic rings. The Morgan fingerprint density at radius 1 is 1.43 bits per heavy atom. The van der Waals surface area contributed by atoms with Gasteiger partial charge < -0.3 is 15.4 Å². The van der Waals surface area contributed by atoms with Gasteiger partial charge in [-0.2, -0.15) is 0 Å². The molecule has 4 amide bonds. The summed E-state index contributed by atoms with van der Waals surface area (Å²) >= 11 is 5.84. The lowest BCUT2D eigenvalue weighted by atomic mass is 9.96. The average molecular weight is 412 g/mol. The van der Waals surface area contributed by atoms with Crippen molar-refractivity contribution >= 4 is 41.1 Å². The van der Waals surface area contributed by atoms with Crippen LogP contribution in [0.15, 0.2) is 18.2 Å². The van der Waals surface area contributed by atoms with Gasteiger partial charge in [-0.05, 0) is 50.8 Å². The van der Waals surface area contributed by atoms with E-state index in [9.17, 15) is 23.6 Å². The molecule has 0 spiro atoms. The normalized spacial score (nSPS) is 22.6. The van der Waals surface area contributed by atoms with E-state index in [-0.39, 0.29) is 16.6 Å². The molecule has 8 nitrogen and oxygen atoms in total. The van der Waals surface area contributed by atoms with E-state index in [4.69, 9.17) is 16.3 Å². The van der Waals surface area contributed by atoms with Gasteiger partial charge in [0, 0.05) is 0 Å². The van der Waals surface area contributed by atoms with Crippen molar-refractivity contribution in [3.63, 3.8) is 0 Å². The predicted octanol–water partition coefficient (Wildman–Crippen LogP) is 2.07. The second-order valence-corrected chi connectivity index (χ2v) is 7.45. The van der Waals surface area contributed by atoms with E-state index in [0.29, 0.717) is 0 Å². The lowest BCUT2D eigenvalue weighted by Gasteiger charge is -2.21. The van der Waals surface area contributed by atoms with Gasteiger partial charge in [0.2, 0.25) is 0 Å². The van der Waals surface area contributed by atoms with Crippen molar-refractivity contribution in [1.82, 2.24) is 10.2 Å². The van der Waals surface area contributed by atoms with Gasteiger partial charge in [0.15, 0.2) is 6.10 Å². The highest BCUT2D eigenvalue weighted by Gasteiger charge is 2.56. The maximum absolute atomic E-state index is 13.0. The second kappa shape index (κ2) is 7.38. The number of hydrogen-bond acceptors (Lipinski definition) is 5. The molecule has 0 bridgehead atoms. The number of rotatable bonds is 6. The van der Waals surface area contributed by atoms with Crippen LogP contribution >= 0.6 is 11.6 Å². The molecule has 1 aliphatic heterocycles. The van der Waals surface area contributed by atoms with Crippen LogP contribution in [0.25, 0.3) is 0 Å². The van der Waals surface area contributed by atoms with E-state index in [1.165, 1.54) is 13.0 Å². The molecule has 2 aliphatic rings. The van der Waals surface area contributed by atoms with Gasteiger partial charge in [-0.25, -0.2) is 9.18 Å². The summed E-state index contributed by atoms with van der Waals surface area (Å²) in [4.78, 5) is 49.6. The Bertz CT molecular complexity index is 860. The SMILES string of the molecule is C[C@H](OC(=O)CN1C(=O)N[C@@](C)(C2CC2)C1=O)C(=O)Nc1ccc(F)cc1Cl. The average Bonchev–Trinajstić information content (AvgIpc) is 3.43. The minimum absolute atomic E-state index is 0.00873. The predicted molar refractivity (Wildman–Crippen MR) is 97.0 cm³/mol. The van der Waals surface area contributed by atoms with Gasteiger partial charge in [0.25, 0.3) is 11.8 Å². The number of nitrogens with one attached hydrogen (secondary N) is 2. The van der Waals surface area contributed by atoms with Crippen molar-refractivity contribution in [2.75, 3.05) is 11.9 Å². The summed E-state index contributed by atoms with van der Waals surface area (Å²) in [5.74, 6) is -2.57. The lowest BCUT2D eigenvalue weighted by molar-refractivity contribution is -0.155. The fourth-order valence-corrected chi connectivity index (χ4v) is 3.25. The highest BCUT2D eigenvalue weighted by Crippen LogP contribution is 2.42. The molecule has 150 valence electrons. The third-order valence-corrected chi connectivity index (χ3v) is 5.16. The summed E-state index contributed by atoms with van der Waals surface area (Å²) in [6, 6.07) is 2.76. The van der Waals surface area contributed by atoms with Crippen LogP contribution in [0.5, 0.6) is 0 Å². The number of benzene rings is 1. The molecule has 1 heterocycles. The molecule has 0 aromatic heterocycles. The summed E-state index contributed by atoms with van der Waals surface area (Å²) in [5.41, 5.74) is -0.843. The first kappa shape index (κ1) is 20.1. The van der Waals surface area contributed by atoms with E-state index in [2.05, 4.69) is 10.6 Å². The Hall–Kier alpha value is -2.68. The molecule has 1 saturated carbocycles. The van der Waals surface area contributed by atoms with Crippen LogP contribution in [0.3, 0.4) is 0 Å². The third-order valence-electron chi connectivity index (χ3n) is 4.85. The van der Waals surface area contributed by atoms with Gasteiger partial charge in [-0.1, -0.05) is 11.6 Å². The van der Waals surface area contributed by atoms with Gasteiger partial charge in [0.1, 0.15) is 17.9 Å². The van der Waals surface area contributed by atoms with Crippen molar-refractivity contribution < 1.29 is 28.3 Å². The van der Waals surface area contributed by atoms with Gasteiger partial charge in [-0.15, -0.1) is 0 Å². The highest BCUT2D eigenvalue weighted by atomic mass is 35.5. The maximum Gasteiger partial charge on any atom is 0.327 e. The number of halogens is 2. The van der Waals surface area contributed by atoms with Crippen LogP contribution in [-0.2, 0) is 19.1 Å². The van der Waals surface area contributed by atoms with Crippen LogP contribution in [-0.4, -0.2) is 46.9 Å². The molecule has 2 fully saturated rings. The van der Waals surface area contributed by atoms with Crippen LogP contribution in [0.4, 0.5) is 14.9 Å². The molecule has 2 atom stereocenters. The molecule has 2 N–H and O–H groups in total. The van der Waals surface area contributed by atoms with Gasteiger partial charge in [0.05, 0.1) is 10.7 Å². The first-order chi connectivity index (χ1) is 13.1. The molecule has 1 aromatic carbocycles. The highest BCUT2D eigenvalue weighted by molar-refractivity contribution is 6.33. The van der Waals surface area contributed by atoms with Crippen molar-refractivity contribution in [3.05, 3.63) is 29.0 Å². The van der Waals surface area contributed by atoms with Crippen LogP contribution in [0, 0.1) is 11.7 Å². The molecule has 28 heavy (non-hydrogen) atoms. The molecule has 0 radical (unpaired) electrons. The molecule has 1 saturated heterocycles.